The molecule has 0 bridgehead atoms. The van der Waals surface area contributed by atoms with Crippen LogP contribution < -0.4 is 4.74 Å². The number of pyridine rings is 1. The van der Waals surface area contributed by atoms with Gasteiger partial charge < -0.3 is 9.84 Å². The van der Waals surface area contributed by atoms with Crippen LogP contribution in [0.2, 0.25) is 0 Å². The Morgan fingerprint density at radius 1 is 1.10 bits per heavy atom. The highest BCUT2D eigenvalue weighted by Crippen LogP contribution is 2.31. The molecule has 0 saturated heterocycles. The van der Waals surface area contributed by atoms with Gasteiger partial charge in [-0.05, 0) is 30.7 Å². The molecule has 0 aliphatic heterocycles. The molecule has 1 aromatic heterocycles. The molecule has 1 heterocycles. The fraction of sp³-hybridized carbons (Fsp3) is 0.167. The smallest absolute Gasteiger partial charge is 0.125 e. The molecule has 1 atom stereocenters. The van der Waals surface area contributed by atoms with E-state index in [0.717, 1.165) is 27.6 Å². The summed E-state index contributed by atoms with van der Waals surface area (Å²) in [7, 11) is 1.61. The van der Waals surface area contributed by atoms with Crippen molar-refractivity contribution in [3.63, 3.8) is 0 Å². The van der Waals surface area contributed by atoms with Crippen LogP contribution in [-0.2, 0) is 0 Å². The Labute approximate surface area is 123 Å². The Morgan fingerprint density at radius 2 is 1.90 bits per heavy atom. The average Bonchev–Trinajstić information content (AvgIpc) is 2.53. The van der Waals surface area contributed by atoms with Crippen molar-refractivity contribution in [2.45, 2.75) is 13.0 Å². The first-order chi connectivity index (χ1) is 10.2. The van der Waals surface area contributed by atoms with Gasteiger partial charge in [0, 0.05) is 22.7 Å². The SMILES string of the molecule is COc1cc(C)ccc1C(O)c1cnc2ccccc2c1. The Bertz CT molecular complexity index is 783. The van der Waals surface area contributed by atoms with Crippen molar-refractivity contribution in [2.24, 2.45) is 0 Å². The summed E-state index contributed by atoms with van der Waals surface area (Å²) < 4.78 is 5.38. The molecule has 0 spiro atoms. The maximum Gasteiger partial charge on any atom is 0.125 e. The van der Waals surface area contributed by atoms with Gasteiger partial charge in [-0.1, -0.05) is 30.3 Å². The number of aliphatic hydroxyl groups excluding tert-OH is 1. The molecule has 2 aromatic carbocycles. The van der Waals surface area contributed by atoms with Gasteiger partial charge in [0.25, 0.3) is 0 Å². The standard InChI is InChI=1S/C18H17NO2/c1-12-7-8-15(17(9-12)21-2)18(20)14-10-13-5-3-4-6-16(13)19-11-14/h3-11,18,20H,1-2H3. The zero-order valence-corrected chi connectivity index (χ0v) is 12.1. The quantitative estimate of drug-likeness (QED) is 0.796. The summed E-state index contributed by atoms with van der Waals surface area (Å²) in [5.74, 6) is 0.690. The molecule has 1 N–H and O–H groups in total. The maximum atomic E-state index is 10.6. The van der Waals surface area contributed by atoms with Crippen LogP contribution in [0.3, 0.4) is 0 Å². The number of hydrogen-bond acceptors (Lipinski definition) is 3. The Kier molecular flexibility index (Phi) is 3.59. The van der Waals surface area contributed by atoms with Crippen LogP contribution in [0.25, 0.3) is 10.9 Å². The van der Waals surface area contributed by atoms with Crippen molar-refractivity contribution in [1.29, 1.82) is 0 Å². The molecule has 3 rings (SSSR count). The van der Waals surface area contributed by atoms with Gasteiger partial charge in [0.05, 0.1) is 12.6 Å². The van der Waals surface area contributed by atoms with Crippen molar-refractivity contribution in [3.8, 4) is 5.75 Å². The van der Waals surface area contributed by atoms with Crippen LogP contribution in [0.15, 0.2) is 54.7 Å². The van der Waals surface area contributed by atoms with Gasteiger partial charge in [-0.2, -0.15) is 0 Å². The van der Waals surface area contributed by atoms with E-state index in [0.29, 0.717) is 5.75 Å². The first-order valence-electron chi connectivity index (χ1n) is 6.86. The minimum atomic E-state index is -0.752. The van der Waals surface area contributed by atoms with E-state index in [9.17, 15) is 5.11 Å². The van der Waals surface area contributed by atoms with Gasteiger partial charge in [0.2, 0.25) is 0 Å². The second-order valence-corrected chi connectivity index (χ2v) is 5.11. The average molecular weight is 279 g/mol. The number of hydrogen-bond donors (Lipinski definition) is 1. The van der Waals surface area contributed by atoms with Gasteiger partial charge >= 0.3 is 0 Å². The van der Waals surface area contributed by atoms with Crippen molar-refractivity contribution >= 4 is 10.9 Å². The summed E-state index contributed by atoms with van der Waals surface area (Å²) in [5.41, 5.74) is 3.53. The Hall–Kier alpha value is -2.39. The summed E-state index contributed by atoms with van der Waals surface area (Å²) in [5, 5.41) is 11.6. The molecular formula is C18H17NO2. The van der Waals surface area contributed by atoms with Crippen molar-refractivity contribution in [2.75, 3.05) is 7.11 Å². The van der Waals surface area contributed by atoms with Gasteiger partial charge in [-0.15, -0.1) is 0 Å². The Morgan fingerprint density at radius 3 is 2.71 bits per heavy atom. The summed E-state index contributed by atoms with van der Waals surface area (Å²) >= 11 is 0. The number of methoxy groups -OCH3 is 1. The molecule has 3 heteroatoms. The van der Waals surface area contributed by atoms with Crippen LogP contribution in [-0.4, -0.2) is 17.2 Å². The second kappa shape index (κ2) is 5.54. The minimum absolute atomic E-state index is 0.690. The van der Waals surface area contributed by atoms with E-state index in [1.807, 2.05) is 55.5 Å². The van der Waals surface area contributed by atoms with E-state index in [1.165, 1.54) is 0 Å². The van der Waals surface area contributed by atoms with E-state index in [2.05, 4.69) is 4.98 Å². The third-order valence-corrected chi connectivity index (χ3v) is 3.61. The van der Waals surface area contributed by atoms with Gasteiger partial charge in [-0.25, -0.2) is 0 Å². The molecule has 0 aliphatic rings. The third kappa shape index (κ3) is 2.60. The predicted octanol–water partition coefficient (Wildman–Crippen LogP) is 3.63. The minimum Gasteiger partial charge on any atom is -0.496 e. The second-order valence-electron chi connectivity index (χ2n) is 5.11. The molecular weight excluding hydrogens is 262 g/mol. The summed E-state index contributed by atoms with van der Waals surface area (Å²) in [6, 6.07) is 15.6. The number of para-hydroxylation sites is 1. The lowest BCUT2D eigenvalue weighted by atomic mass is 9.99. The van der Waals surface area contributed by atoms with E-state index >= 15 is 0 Å². The molecule has 21 heavy (non-hydrogen) atoms. The fourth-order valence-corrected chi connectivity index (χ4v) is 2.46. The highest BCUT2D eigenvalue weighted by molar-refractivity contribution is 5.78. The zero-order chi connectivity index (χ0) is 14.8. The van der Waals surface area contributed by atoms with Crippen LogP contribution in [0, 0.1) is 6.92 Å². The molecule has 0 amide bonds. The Balaban J connectivity index is 2.05. The molecule has 0 saturated carbocycles. The van der Waals surface area contributed by atoms with Gasteiger partial charge in [0.1, 0.15) is 11.9 Å². The molecule has 3 nitrogen and oxygen atoms in total. The zero-order valence-electron chi connectivity index (χ0n) is 12.1. The van der Waals surface area contributed by atoms with Crippen LogP contribution in [0.4, 0.5) is 0 Å². The van der Waals surface area contributed by atoms with E-state index in [1.54, 1.807) is 13.3 Å². The van der Waals surface area contributed by atoms with Crippen molar-refractivity contribution in [3.05, 3.63) is 71.4 Å². The van der Waals surface area contributed by atoms with Crippen LogP contribution in [0.1, 0.15) is 22.8 Å². The normalized spacial score (nSPS) is 12.3. The number of fused-ring (bicyclic) bond motifs is 1. The van der Waals surface area contributed by atoms with Gasteiger partial charge in [-0.3, -0.25) is 4.98 Å². The van der Waals surface area contributed by atoms with E-state index in [4.69, 9.17) is 4.74 Å². The number of rotatable bonds is 3. The lowest BCUT2D eigenvalue weighted by Gasteiger charge is -2.16. The molecule has 0 aliphatic carbocycles. The number of aromatic nitrogens is 1. The van der Waals surface area contributed by atoms with Crippen LogP contribution in [0.5, 0.6) is 5.75 Å². The van der Waals surface area contributed by atoms with Gasteiger partial charge in [0.15, 0.2) is 0 Å². The summed E-state index contributed by atoms with van der Waals surface area (Å²) in [6.45, 7) is 2.00. The summed E-state index contributed by atoms with van der Waals surface area (Å²) in [6.07, 6.45) is 0.962. The fourth-order valence-electron chi connectivity index (χ4n) is 2.46. The maximum absolute atomic E-state index is 10.6. The number of nitrogens with zero attached hydrogens (tertiary/aromatic N) is 1. The largest absolute Gasteiger partial charge is 0.496 e. The highest BCUT2D eigenvalue weighted by Gasteiger charge is 2.16. The highest BCUT2D eigenvalue weighted by atomic mass is 16.5. The number of ether oxygens (including phenoxy) is 1. The molecule has 0 fully saturated rings. The lowest BCUT2D eigenvalue weighted by Crippen LogP contribution is -2.03. The summed E-state index contributed by atoms with van der Waals surface area (Å²) in [4.78, 5) is 4.40. The molecule has 1 unspecified atom stereocenters. The van der Waals surface area contributed by atoms with Crippen molar-refractivity contribution < 1.29 is 9.84 Å². The number of benzene rings is 2. The number of aliphatic hydroxyl groups is 1. The third-order valence-electron chi connectivity index (χ3n) is 3.61. The molecule has 0 radical (unpaired) electrons. The van der Waals surface area contributed by atoms with Crippen LogP contribution >= 0.6 is 0 Å². The topological polar surface area (TPSA) is 42.4 Å². The van der Waals surface area contributed by atoms with Crippen molar-refractivity contribution in [1.82, 2.24) is 4.98 Å². The molecule has 3 aromatic rings. The number of aryl methyl sites for hydroxylation is 1. The first-order valence-corrected chi connectivity index (χ1v) is 6.86. The lowest BCUT2D eigenvalue weighted by molar-refractivity contribution is 0.214. The van der Waals surface area contributed by atoms with E-state index < -0.39 is 6.10 Å². The molecule has 106 valence electrons. The predicted molar refractivity (Wildman–Crippen MR) is 83.5 cm³/mol. The monoisotopic (exact) mass is 279 g/mol. The van der Waals surface area contributed by atoms with E-state index in [-0.39, 0.29) is 0 Å². The first kappa shape index (κ1) is 13.6.